The Labute approximate surface area is 140 Å². The van der Waals surface area contributed by atoms with Crippen LogP contribution in [0.25, 0.3) is 11.1 Å². The Hall–Kier alpha value is -2.91. The van der Waals surface area contributed by atoms with E-state index >= 15 is 0 Å². The predicted octanol–water partition coefficient (Wildman–Crippen LogP) is 3.93. The fourth-order valence-corrected chi connectivity index (χ4v) is 3.25. The van der Waals surface area contributed by atoms with E-state index in [9.17, 15) is 9.90 Å². The molecule has 4 rings (SSSR count). The van der Waals surface area contributed by atoms with E-state index in [1.165, 1.54) is 0 Å². The summed E-state index contributed by atoms with van der Waals surface area (Å²) in [5, 5.41) is 10.2. The molecule has 0 fully saturated rings. The molecule has 3 aromatic carbocycles. The highest BCUT2D eigenvalue weighted by Crippen LogP contribution is 2.37. The van der Waals surface area contributed by atoms with Gasteiger partial charge in [-0.05, 0) is 22.8 Å². The molecule has 1 N–H and O–H groups in total. The maximum Gasteiger partial charge on any atom is 0.260 e. The number of hydrogen-bond donors (Lipinski definition) is 1. The highest BCUT2D eigenvalue weighted by Gasteiger charge is 2.35. The van der Waals surface area contributed by atoms with Gasteiger partial charge in [-0.25, -0.2) is 0 Å². The second kappa shape index (κ2) is 5.95. The molecular weight excluding hydrogens is 298 g/mol. The lowest BCUT2D eigenvalue weighted by atomic mass is 9.99. The summed E-state index contributed by atoms with van der Waals surface area (Å²) < 4.78 is 0. The van der Waals surface area contributed by atoms with Crippen LogP contribution < -0.4 is 4.90 Å². The number of anilines is 1. The van der Waals surface area contributed by atoms with E-state index in [1.807, 2.05) is 54.6 Å². The van der Waals surface area contributed by atoms with E-state index in [-0.39, 0.29) is 5.91 Å². The largest absolute Gasteiger partial charge is 0.378 e. The molecule has 0 saturated heterocycles. The first-order valence-electron chi connectivity index (χ1n) is 7.97. The van der Waals surface area contributed by atoms with E-state index in [1.54, 1.807) is 11.0 Å². The number of benzene rings is 3. The van der Waals surface area contributed by atoms with Crippen molar-refractivity contribution < 1.29 is 9.90 Å². The second-order valence-electron chi connectivity index (χ2n) is 5.91. The van der Waals surface area contributed by atoms with Crippen molar-refractivity contribution in [3.63, 3.8) is 0 Å². The van der Waals surface area contributed by atoms with Crippen LogP contribution in [0.1, 0.15) is 17.2 Å². The Balaban J connectivity index is 1.74. The Morgan fingerprint density at radius 3 is 2.33 bits per heavy atom. The molecule has 1 atom stereocenters. The summed E-state index contributed by atoms with van der Waals surface area (Å²) in [6.07, 6.45) is -1.06. The fraction of sp³-hybridized carbons (Fsp3) is 0.0952. The minimum Gasteiger partial charge on any atom is -0.378 e. The first kappa shape index (κ1) is 14.7. The van der Waals surface area contributed by atoms with Crippen molar-refractivity contribution >= 4 is 11.6 Å². The van der Waals surface area contributed by atoms with Gasteiger partial charge in [-0.2, -0.15) is 0 Å². The summed E-state index contributed by atoms with van der Waals surface area (Å²) >= 11 is 0. The van der Waals surface area contributed by atoms with Crippen LogP contribution >= 0.6 is 0 Å². The third kappa shape index (κ3) is 2.39. The van der Waals surface area contributed by atoms with Gasteiger partial charge in [0.15, 0.2) is 6.10 Å². The summed E-state index contributed by atoms with van der Waals surface area (Å²) in [5.74, 6) is -0.265. The predicted molar refractivity (Wildman–Crippen MR) is 94.5 cm³/mol. The Kier molecular flexibility index (Phi) is 3.63. The molecule has 3 nitrogen and oxygen atoms in total. The maximum absolute atomic E-state index is 12.5. The Morgan fingerprint density at radius 2 is 1.50 bits per heavy atom. The minimum absolute atomic E-state index is 0.265. The lowest BCUT2D eigenvalue weighted by Gasteiger charge is -2.19. The van der Waals surface area contributed by atoms with Gasteiger partial charge in [-0.15, -0.1) is 0 Å². The first-order chi connectivity index (χ1) is 11.8. The molecule has 24 heavy (non-hydrogen) atoms. The van der Waals surface area contributed by atoms with Crippen LogP contribution in [0.4, 0.5) is 5.69 Å². The molecule has 0 radical (unpaired) electrons. The monoisotopic (exact) mass is 315 g/mol. The van der Waals surface area contributed by atoms with Crippen LogP contribution in [0.2, 0.25) is 0 Å². The molecule has 1 amide bonds. The van der Waals surface area contributed by atoms with Crippen LogP contribution in [0, 0.1) is 0 Å². The first-order valence-corrected chi connectivity index (χ1v) is 7.97. The summed E-state index contributed by atoms with van der Waals surface area (Å²) in [6, 6.07) is 25.6. The molecule has 118 valence electrons. The van der Waals surface area contributed by atoms with E-state index in [4.69, 9.17) is 0 Å². The van der Waals surface area contributed by atoms with Gasteiger partial charge in [-0.1, -0.05) is 72.8 Å². The molecular formula is C21H17NO2. The van der Waals surface area contributed by atoms with Crippen LogP contribution in [-0.4, -0.2) is 11.0 Å². The standard InChI is InChI=1S/C21H17NO2/c23-20-18-12-6-7-13-19(18)22(21(20)24)14-16-10-4-5-11-17(16)15-8-2-1-3-9-15/h1-13,20,23H,14H2. The molecule has 0 saturated carbocycles. The molecule has 1 heterocycles. The Morgan fingerprint density at radius 1 is 0.833 bits per heavy atom. The quantitative estimate of drug-likeness (QED) is 0.795. The number of carbonyl (C=O) groups excluding carboxylic acids is 1. The molecule has 1 aliphatic rings. The number of aliphatic hydroxyl groups is 1. The third-order valence-corrected chi connectivity index (χ3v) is 4.45. The number of fused-ring (bicyclic) bond motifs is 1. The number of hydrogen-bond acceptors (Lipinski definition) is 2. The highest BCUT2D eigenvalue weighted by atomic mass is 16.3. The van der Waals surface area contributed by atoms with Crippen LogP contribution in [0.15, 0.2) is 78.9 Å². The summed E-state index contributed by atoms with van der Waals surface area (Å²) in [4.78, 5) is 14.2. The maximum atomic E-state index is 12.5. The van der Waals surface area contributed by atoms with Crippen LogP contribution in [-0.2, 0) is 11.3 Å². The summed E-state index contributed by atoms with van der Waals surface area (Å²) in [6.45, 7) is 0.442. The highest BCUT2D eigenvalue weighted by molar-refractivity contribution is 6.03. The molecule has 0 bridgehead atoms. The van der Waals surface area contributed by atoms with Gasteiger partial charge in [0.25, 0.3) is 5.91 Å². The summed E-state index contributed by atoms with van der Waals surface area (Å²) in [7, 11) is 0. The normalized spacial score (nSPS) is 16.3. The van der Waals surface area contributed by atoms with Gasteiger partial charge >= 0.3 is 0 Å². The summed E-state index contributed by atoms with van der Waals surface area (Å²) in [5.41, 5.74) is 4.75. The third-order valence-electron chi connectivity index (χ3n) is 4.45. The van der Waals surface area contributed by atoms with E-state index in [0.717, 1.165) is 22.4 Å². The molecule has 3 aromatic rings. The van der Waals surface area contributed by atoms with Crippen LogP contribution in [0.3, 0.4) is 0 Å². The van der Waals surface area contributed by atoms with Gasteiger partial charge in [0.05, 0.1) is 12.2 Å². The number of amides is 1. The molecule has 1 aliphatic heterocycles. The van der Waals surface area contributed by atoms with Gasteiger partial charge in [0.2, 0.25) is 0 Å². The Bertz CT molecular complexity index is 889. The number of rotatable bonds is 3. The minimum atomic E-state index is -1.06. The van der Waals surface area contributed by atoms with Gasteiger partial charge < -0.3 is 10.0 Å². The molecule has 0 aromatic heterocycles. The average Bonchev–Trinajstić information content (AvgIpc) is 2.88. The number of aliphatic hydroxyl groups excluding tert-OH is 1. The zero-order chi connectivity index (χ0) is 16.5. The molecule has 0 spiro atoms. The zero-order valence-corrected chi connectivity index (χ0v) is 13.1. The van der Waals surface area contributed by atoms with Gasteiger partial charge in [0, 0.05) is 5.56 Å². The lowest BCUT2D eigenvalue weighted by molar-refractivity contribution is -0.125. The van der Waals surface area contributed by atoms with Gasteiger partial charge in [-0.3, -0.25) is 4.79 Å². The van der Waals surface area contributed by atoms with Crippen molar-refractivity contribution in [1.82, 2.24) is 0 Å². The average molecular weight is 315 g/mol. The SMILES string of the molecule is O=C1C(O)c2ccccc2N1Cc1ccccc1-c1ccccc1. The topological polar surface area (TPSA) is 40.5 Å². The van der Waals surface area contributed by atoms with Crippen molar-refractivity contribution in [3.8, 4) is 11.1 Å². The lowest BCUT2D eigenvalue weighted by Crippen LogP contribution is -2.28. The number of para-hydroxylation sites is 1. The van der Waals surface area contributed by atoms with Crippen molar-refractivity contribution in [2.75, 3.05) is 4.90 Å². The van der Waals surface area contributed by atoms with Crippen molar-refractivity contribution in [3.05, 3.63) is 90.0 Å². The second-order valence-corrected chi connectivity index (χ2v) is 5.91. The van der Waals surface area contributed by atoms with Gasteiger partial charge in [0.1, 0.15) is 0 Å². The molecule has 3 heteroatoms. The van der Waals surface area contributed by atoms with E-state index in [0.29, 0.717) is 12.1 Å². The zero-order valence-electron chi connectivity index (χ0n) is 13.1. The van der Waals surface area contributed by atoms with Crippen molar-refractivity contribution in [2.24, 2.45) is 0 Å². The molecule has 0 aliphatic carbocycles. The number of nitrogens with zero attached hydrogens (tertiary/aromatic N) is 1. The van der Waals surface area contributed by atoms with Crippen LogP contribution in [0.5, 0.6) is 0 Å². The van der Waals surface area contributed by atoms with Crippen molar-refractivity contribution in [2.45, 2.75) is 12.6 Å². The fourth-order valence-electron chi connectivity index (χ4n) is 3.25. The molecule has 1 unspecified atom stereocenters. The van der Waals surface area contributed by atoms with Crippen molar-refractivity contribution in [1.29, 1.82) is 0 Å². The van der Waals surface area contributed by atoms with E-state index < -0.39 is 6.10 Å². The van der Waals surface area contributed by atoms with E-state index in [2.05, 4.69) is 18.2 Å². The number of carbonyl (C=O) groups is 1. The smallest absolute Gasteiger partial charge is 0.260 e.